The molecule has 1 saturated heterocycles. The van der Waals surface area contributed by atoms with Crippen LogP contribution in [0, 0.1) is 0 Å². The number of sulfone groups is 1. The van der Waals surface area contributed by atoms with Crippen molar-refractivity contribution in [2.75, 3.05) is 26.5 Å². The maximum atomic E-state index is 13.2. The van der Waals surface area contributed by atoms with Crippen LogP contribution >= 0.6 is 22.7 Å². The number of hydrogen-bond donors (Lipinski definition) is 0. The summed E-state index contributed by atoms with van der Waals surface area (Å²) in [5, 5.41) is 1.69. The molecular weight excluding hydrogens is 507 g/mol. The van der Waals surface area contributed by atoms with Gasteiger partial charge >= 0.3 is 0 Å². The van der Waals surface area contributed by atoms with E-state index < -0.39 is 31.8 Å². The molecule has 1 unspecified atom stereocenters. The Hall–Kier alpha value is -1.90. The number of hydrogen-bond acceptors (Lipinski definition) is 8. The van der Waals surface area contributed by atoms with Crippen molar-refractivity contribution in [1.29, 1.82) is 0 Å². The maximum Gasteiger partial charge on any atom is 0.266 e. The first-order valence-corrected chi connectivity index (χ1v) is 15.1. The predicted octanol–water partition coefficient (Wildman–Crippen LogP) is 2.09. The fourth-order valence-corrected chi connectivity index (χ4v) is 8.33. The van der Waals surface area contributed by atoms with Gasteiger partial charge in [-0.25, -0.2) is 16.8 Å². The van der Waals surface area contributed by atoms with Gasteiger partial charge in [-0.05, 0) is 42.5 Å². The third-order valence-corrected chi connectivity index (χ3v) is 10.8. The predicted molar refractivity (Wildman–Crippen MR) is 127 cm³/mol. The number of rotatable bonds is 7. The third kappa shape index (κ3) is 4.84. The Morgan fingerprint density at radius 3 is 2.70 bits per heavy atom. The Balaban J connectivity index is 1.76. The second kappa shape index (κ2) is 9.39. The molecule has 0 spiro atoms. The lowest BCUT2D eigenvalue weighted by Gasteiger charge is -2.20. The highest BCUT2D eigenvalue weighted by Crippen LogP contribution is 2.29. The van der Waals surface area contributed by atoms with Gasteiger partial charge < -0.3 is 9.30 Å². The summed E-state index contributed by atoms with van der Waals surface area (Å²) in [5.41, 5.74) is 0.727. The monoisotopic (exact) mass is 529 g/mol. The van der Waals surface area contributed by atoms with E-state index in [2.05, 4.69) is 4.99 Å². The molecule has 0 saturated carbocycles. The lowest BCUT2D eigenvalue weighted by atomic mass is 10.2. The standard InChI is InChI=1S/C20H23N3O6S4/c1-29-11-10-22-15-8-7-14(32(2,25)26)13-17(15)31-20(22)21-19(24)16-5-3-9-23(16)33(27,28)18-6-4-12-30-18/h4,6-8,12-13,16H,3,5,9-11H2,1-2H3. The number of benzene rings is 1. The fourth-order valence-electron chi connectivity index (χ4n) is 3.74. The van der Waals surface area contributed by atoms with Crippen molar-refractivity contribution in [2.24, 2.45) is 4.99 Å². The van der Waals surface area contributed by atoms with Crippen molar-refractivity contribution in [3.05, 3.63) is 40.5 Å². The second-order valence-electron chi connectivity index (χ2n) is 7.59. The highest BCUT2D eigenvalue weighted by atomic mass is 32.2. The van der Waals surface area contributed by atoms with Gasteiger partial charge in [0.1, 0.15) is 10.3 Å². The van der Waals surface area contributed by atoms with Crippen molar-refractivity contribution in [3.63, 3.8) is 0 Å². The number of thiophene rings is 1. The van der Waals surface area contributed by atoms with E-state index >= 15 is 0 Å². The van der Waals surface area contributed by atoms with Crippen LogP contribution in [0.25, 0.3) is 10.2 Å². The van der Waals surface area contributed by atoms with Gasteiger partial charge in [-0.1, -0.05) is 17.4 Å². The molecule has 1 aliphatic rings. The number of ether oxygens (including phenoxy) is 1. The smallest absolute Gasteiger partial charge is 0.266 e. The van der Waals surface area contributed by atoms with Crippen LogP contribution in [0.15, 0.2) is 49.8 Å². The first-order chi connectivity index (χ1) is 15.6. The number of amides is 1. The molecule has 1 fully saturated rings. The van der Waals surface area contributed by atoms with Crippen LogP contribution in [0.2, 0.25) is 0 Å². The molecule has 1 aromatic carbocycles. The van der Waals surface area contributed by atoms with E-state index in [9.17, 15) is 21.6 Å². The largest absolute Gasteiger partial charge is 0.383 e. The van der Waals surface area contributed by atoms with Gasteiger partial charge in [0.25, 0.3) is 15.9 Å². The molecule has 1 amide bonds. The van der Waals surface area contributed by atoms with Crippen molar-refractivity contribution in [3.8, 4) is 0 Å². The molecule has 1 aliphatic heterocycles. The summed E-state index contributed by atoms with van der Waals surface area (Å²) >= 11 is 2.30. The minimum atomic E-state index is -3.77. The van der Waals surface area contributed by atoms with Crippen LogP contribution in [0.5, 0.6) is 0 Å². The normalized spacial score (nSPS) is 18.4. The number of nitrogens with zero attached hydrogens (tertiary/aromatic N) is 3. The molecule has 178 valence electrons. The van der Waals surface area contributed by atoms with Gasteiger partial charge in [-0.2, -0.15) is 9.30 Å². The Morgan fingerprint density at radius 2 is 2.03 bits per heavy atom. The number of carbonyl (C=O) groups excluding carboxylic acids is 1. The van der Waals surface area contributed by atoms with E-state index in [1.54, 1.807) is 35.3 Å². The van der Waals surface area contributed by atoms with E-state index in [1.807, 2.05) is 0 Å². The van der Waals surface area contributed by atoms with E-state index in [0.29, 0.717) is 35.5 Å². The van der Waals surface area contributed by atoms with Crippen molar-refractivity contribution >= 4 is 58.7 Å². The molecule has 9 nitrogen and oxygen atoms in total. The summed E-state index contributed by atoms with van der Waals surface area (Å²) in [6, 6.07) is 7.09. The molecule has 0 N–H and O–H groups in total. The first kappa shape index (κ1) is 24.2. The molecule has 13 heteroatoms. The summed E-state index contributed by atoms with van der Waals surface area (Å²) < 4.78 is 59.0. The quantitative estimate of drug-likeness (QED) is 0.463. The van der Waals surface area contributed by atoms with Crippen LogP contribution in [0.4, 0.5) is 0 Å². The van der Waals surface area contributed by atoms with Crippen LogP contribution in [0.3, 0.4) is 0 Å². The summed E-state index contributed by atoms with van der Waals surface area (Å²) in [4.78, 5) is 18.0. The van der Waals surface area contributed by atoms with Gasteiger partial charge in [0.15, 0.2) is 14.6 Å². The Labute approximate surface area is 199 Å². The minimum absolute atomic E-state index is 0.178. The lowest BCUT2D eigenvalue weighted by Crippen LogP contribution is -2.40. The van der Waals surface area contributed by atoms with Crippen LogP contribution < -0.4 is 4.80 Å². The number of sulfonamides is 1. The summed E-state index contributed by atoms with van der Waals surface area (Å²) in [7, 11) is -5.60. The molecule has 2 aromatic heterocycles. The molecule has 3 heterocycles. The molecule has 4 rings (SSSR count). The van der Waals surface area contributed by atoms with Gasteiger partial charge in [0.05, 0.1) is 21.7 Å². The summed E-state index contributed by atoms with van der Waals surface area (Å²) in [6.45, 7) is 1.03. The Bertz CT molecular complexity index is 1450. The zero-order chi connectivity index (χ0) is 23.8. The molecule has 33 heavy (non-hydrogen) atoms. The third-order valence-electron chi connectivity index (χ3n) is 5.35. The average molecular weight is 530 g/mol. The van der Waals surface area contributed by atoms with Crippen molar-refractivity contribution in [2.45, 2.75) is 34.5 Å². The molecule has 0 bridgehead atoms. The number of thiazole rings is 1. The average Bonchev–Trinajstić information content (AvgIpc) is 3.51. The highest BCUT2D eigenvalue weighted by Gasteiger charge is 2.40. The number of aromatic nitrogens is 1. The van der Waals surface area contributed by atoms with Gasteiger partial charge in [0.2, 0.25) is 0 Å². The number of carbonyl (C=O) groups is 1. The van der Waals surface area contributed by atoms with E-state index in [-0.39, 0.29) is 15.6 Å². The minimum Gasteiger partial charge on any atom is -0.383 e. The zero-order valence-electron chi connectivity index (χ0n) is 18.0. The van der Waals surface area contributed by atoms with E-state index in [0.717, 1.165) is 23.1 Å². The van der Waals surface area contributed by atoms with Gasteiger partial charge in [-0.15, -0.1) is 11.3 Å². The SMILES string of the molecule is COCCn1c(=NC(=O)C2CCCN2S(=O)(=O)c2cccs2)sc2cc(S(C)(=O)=O)ccc21. The van der Waals surface area contributed by atoms with Crippen LogP contribution in [-0.4, -0.2) is 64.2 Å². The van der Waals surface area contributed by atoms with Crippen molar-refractivity contribution < 1.29 is 26.4 Å². The van der Waals surface area contributed by atoms with E-state index in [1.165, 1.54) is 27.8 Å². The summed E-state index contributed by atoms with van der Waals surface area (Å²) in [5.74, 6) is -0.534. The van der Waals surface area contributed by atoms with Crippen LogP contribution in [0.1, 0.15) is 12.8 Å². The zero-order valence-corrected chi connectivity index (χ0v) is 21.3. The first-order valence-electron chi connectivity index (χ1n) is 10.1. The topological polar surface area (TPSA) is 115 Å². The number of methoxy groups -OCH3 is 1. The maximum absolute atomic E-state index is 13.2. The highest BCUT2D eigenvalue weighted by molar-refractivity contribution is 7.91. The van der Waals surface area contributed by atoms with Gasteiger partial charge in [0, 0.05) is 26.5 Å². The van der Waals surface area contributed by atoms with Gasteiger partial charge in [-0.3, -0.25) is 4.79 Å². The summed E-state index contributed by atoms with van der Waals surface area (Å²) in [6.07, 6.45) is 2.11. The Kier molecular flexibility index (Phi) is 6.90. The fraction of sp³-hybridized carbons (Fsp3) is 0.400. The molecule has 0 radical (unpaired) electrons. The molecule has 1 atom stereocenters. The Morgan fingerprint density at radius 1 is 1.24 bits per heavy atom. The van der Waals surface area contributed by atoms with Crippen LogP contribution in [-0.2, 0) is 35.9 Å². The molecule has 3 aromatic rings. The van der Waals surface area contributed by atoms with Crippen molar-refractivity contribution in [1.82, 2.24) is 8.87 Å². The van der Waals surface area contributed by atoms with E-state index in [4.69, 9.17) is 4.74 Å². The second-order valence-corrected chi connectivity index (χ2v) is 13.7. The molecule has 0 aliphatic carbocycles. The number of fused-ring (bicyclic) bond motifs is 1. The lowest BCUT2D eigenvalue weighted by molar-refractivity contribution is -0.121. The molecular formula is C20H23N3O6S4.